The van der Waals surface area contributed by atoms with Gasteiger partial charge in [0, 0.05) is 11.3 Å². The van der Waals surface area contributed by atoms with Gasteiger partial charge in [-0.1, -0.05) is 27.7 Å². The van der Waals surface area contributed by atoms with Gasteiger partial charge in [-0.25, -0.2) is 0 Å². The molecule has 2 saturated heterocycles. The van der Waals surface area contributed by atoms with Crippen molar-refractivity contribution in [1.29, 1.82) is 0 Å². The van der Waals surface area contributed by atoms with Crippen molar-refractivity contribution in [3.05, 3.63) is 0 Å². The van der Waals surface area contributed by atoms with Crippen molar-refractivity contribution >= 4 is 17.7 Å². The van der Waals surface area contributed by atoms with Crippen LogP contribution in [0.5, 0.6) is 0 Å². The third-order valence-corrected chi connectivity index (χ3v) is 6.08. The van der Waals surface area contributed by atoms with E-state index < -0.39 is 0 Å². The molecule has 21 heavy (non-hydrogen) atoms. The van der Waals surface area contributed by atoms with Crippen molar-refractivity contribution in [2.45, 2.75) is 77.3 Å². The van der Waals surface area contributed by atoms with Crippen LogP contribution in [0.2, 0.25) is 0 Å². The summed E-state index contributed by atoms with van der Waals surface area (Å²) in [6.45, 7) is 12.1. The van der Waals surface area contributed by atoms with E-state index in [0.717, 1.165) is 19.4 Å². The predicted octanol–water partition coefficient (Wildman–Crippen LogP) is 3.49. The topological polar surface area (TPSA) is 32.3 Å². The Kier molecular flexibility index (Phi) is 5.64. The molecule has 2 aliphatic rings. The van der Waals surface area contributed by atoms with Crippen LogP contribution < -0.4 is 5.32 Å². The van der Waals surface area contributed by atoms with Gasteiger partial charge in [0.15, 0.2) is 0 Å². The third-order valence-electron chi connectivity index (χ3n) is 4.56. The van der Waals surface area contributed by atoms with Crippen molar-refractivity contribution in [2.75, 3.05) is 12.3 Å². The number of nitrogens with zero attached hydrogens (tertiary/aromatic N) is 1. The Balaban J connectivity index is 2.07. The molecule has 4 heteroatoms. The summed E-state index contributed by atoms with van der Waals surface area (Å²) in [6, 6.07) is 0.0313. The maximum atomic E-state index is 12.8. The zero-order valence-corrected chi connectivity index (χ0v) is 15.1. The minimum Gasteiger partial charge on any atom is -0.324 e. The number of nitrogens with one attached hydrogen (secondary N) is 1. The van der Waals surface area contributed by atoms with Gasteiger partial charge in [0.2, 0.25) is 5.91 Å². The number of carbonyl (C=O) groups excluding carboxylic acids is 1. The van der Waals surface area contributed by atoms with Crippen molar-refractivity contribution in [3.63, 3.8) is 0 Å². The minimum atomic E-state index is 0.0313. The van der Waals surface area contributed by atoms with Crippen LogP contribution in [-0.2, 0) is 4.79 Å². The molecular formula is C17H32N2OS. The summed E-state index contributed by atoms with van der Waals surface area (Å²) in [5, 5.41) is 3.61. The van der Waals surface area contributed by atoms with E-state index in [1.54, 1.807) is 0 Å². The highest BCUT2D eigenvalue weighted by Gasteiger charge is 2.43. The molecule has 0 aromatic heterocycles. The van der Waals surface area contributed by atoms with Crippen molar-refractivity contribution in [1.82, 2.24) is 10.2 Å². The Labute approximate surface area is 134 Å². The molecule has 0 aliphatic carbocycles. The molecule has 0 saturated carbocycles. The highest BCUT2D eigenvalue weighted by atomic mass is 32.2. The monoisotopic (exact) mass is 312 g/mol. The lowest BCUT2D eigenvalue weighted by Crippen LogP contribution is -2.45. The average molecular weight is 313 g/mol. The number of thioether (sulfide) groups is 1. The van der Waals surface area contributed by atoms with Crippen LogP contribution in [0.1, 0.15) is 60.3 Å². The third kappa shape index (κ3) is 4.38. The summed E-state index contributed by atoms with van der Waals surface area (Å²) in [4.78, 5) is 15.0. The summed E-state index contributed by atoms with van der Waals surface area (Å²) < 4.78 is 0.263. The lowest BCUT2D eigenvalue weighted by Gasteiger charge is -2.33. The SMILES string of the molecule is CC(C)CC1NC(CC(C)C)N(CC2(C)CCCS2)C1=O. The van der Waals surface area contributed by atoms with E-state index in [1.165, 1.54) is 18.6 Å². The highest BCUT2D eigenvalue weighted by molar-refractivity contribution is 8.00. The summed E-state index contributed by atoms with van der Waals surface area (Å²) in [5.74, 6) is 2.75. The lowest BCUT2D eigenvalue weighted by atomic mass is 10.0. The predicted molar refractivity (Wildman–Crippen MR) is 91.4 cm³/mol. The Hall–Kier alpha value is -0.220. The molecule has 0 aromatic carbocycles. The molecule has 3 nitrogen and oxygen atoms in total. The second-order valence-corrected chi connectivity index (χ2v) is 9.54. The minimum absolute atomic E-state index is 0.0313. The van der Waals surface area contributed by atoms with Crippen LogP contribution in [0.25, 0.3) is 0 Å². The van der Waals surface area contributed by atoms with E-state index in [4.69, 9.17) is 0 Å². The van der Waals surface area contributed by atoms with Crippen LogP contribution in [0, 0.1) is 11.8 Å². The second-order valence-electron chi connectivity index (χ2n) is 7.86. The van der Waals surface area contributed by atoms with E-state index in [1.807, 2.05) is 11.8 Å². The summed E-state index contributed by atoms with van der Waals surface area (Å²) in [7, 11) is 0. The van der Waals surface area contributed by atoms with Crippen LogP contribution in [0.3, 0.4) is 0 Å². The van der Waals surface area contributed by atoms with E-state index in [2.05, 4.69) is 44.8 Å². The van der Waals surface area contributed by atoms with E-state index >= 15 is 0 Å². The molecular weight excluding hydrogens is 280 g/mol. The van der Waals surface area contributed by atoms with Crippen molar-refractivity contribution < 1.29 is 4.79 Å². The van der Waals surface area contributed by atoms with Gasteiger partial charge in [0.25, 0.3) is 0 Å². The Morgan fingerprint density at radius 2 is 1.95 bits per heavy atom. The van der Waals surface area contributed by atoms with Crippen molar-refractivity contribution in [3.8, 4) is 0 Å². The van der Waals surface area contributed by atoms with Crippen LogP contribution >= 0.6 is 11.8 Å². The number of hydrogen-bond acceptors (Lipinski definition) is 3. The quantitative estimate of drug-likeness (QED) is 0.815. The number of rotatable bonds is 6. The van der Waals surface area contributed by atoms with Gasteiger partial charge < -0.3 is 4.90 Å². The first kappa shape index (κ1) is 17.1. The fourth-order valence-electron chi connectivity index (χ4n) is 3.54. The standard InChI is InChI=1S/C17H32N2OS/c1-12(2)9-14-16(20)19(15(18-14)10-13(3)4)11-17(5)7-6-8-21-17/h12-15,18H,6-11H2,1-5H3. The molecule has 0 aromatic rings. The Morgan fingerprint density at radius 1 is 1.29 bits per heavy atom. The van der Waals surface area contributed by atoms with Gasteiger partial charge in [-0.05, 0) is 50.2 Å². The largest absolute Gasteiger partial charge is 0.324 e. The summed E-state index contributed by atoms with van der Waals surface area (Å²) in [6.07, 6.45) is 4.78. The molecule has 1 N–H and O–H groups in total. The van der Waals surface area contributed by atoms with E-state index in [-0.39, 0.29) is 17.0 Å². The van der Waals surface area contributed by atoms with Crippen LogP contribution in [-0.4, -0.2) is 40.1 Å². The van der Waals surface area contributed by atoms with Crippen LogP contribution in [0.4, 0.5) is 0 Å². The van der Waals surface area contributed by atoms with Crippen LogP contribution in [0.15, 0.2) is 0 Å². The molecule has 3 unspecified atom stereocenters. The highest BCUT2D eigenvalue weighted by Crippen LogP contribution is 2.39. The fraction of sp³-hybridized carbons (Fsp3) is 0.941. The average Bonchev–Trinajstić information content (AvgIpc) is 2.89. The van der Waals surface area contributed by atoms with E-state index in [9.17, 15) is 4.79 Å². The zero-order valence-electron chi connectivity index (χ0n) is 14.3. The number of hydrogen-bond donors (Lipinski definition) is 1. The Morgan fingerprint density at radius 3 is 2.48 bits per heavy atom. The fourth-order valence-corrected chi connectivity index (χ4v) is 4.84. The molecule has 0 radical (unpaired) electrons. The normalized spacial score (nSPS) is 33.7. The van der Waals surface area contributed by atoms with Gasteiger partial charge in [0.05, 0.1) is 12.2 Å². The molecule has 0 bridgehead atoms. The molecule has 2 rings (SSSR count). The molecule has 122 valence electrons. The van der Waals surface area contributed by atoms with Gasteiger partial charge in [-0.15, -0.1) is 0 Å². The first-order valence-electron chi connectivity index (χ1n) is 8.51. The summed E-state index contributed by atoms with van der Waals surface area (Å²) in [5.41, 5.74) is 0. The number of amides is 1. The van der Waals surface area contributed by atoms with Gasteiger partial charge in [0.1, 0.15) is 0 Å². The first-order valence-corrected chi connectivity index (χ1v) is 9.50. The zero-order chi connectivity index (χ0) is 15.6. The Bertz CT molecular complexity index is 364. The maximum Gasteiger partial charge on any atom is 0.241 e. The maximum absolute atomic E-state index is 12.8. The number of carbonyl (C=O) groups is 1. The van der Waals surface area contributed by atoms with E-state index in [0.29, 0.717) is 17.7 Å². The smallest absolute Gasteiger partial charge is 0.241 e. The summed E-state index contributed by atoms with van der Waals surface area (Å²) >= 11 is 2.05. The molecule has 0 spiro atoms. The molecule has 2 heterocycles. The first-order chi connectivity index (χ1) is 9.81. The van der Waals surface area contributed by atoms with Gasteiger partial charge in [-0.2, -0.15) is 11.8 Å². The lowest BCUT2D eigenvalue weighted by molar-refractivity contribution is -0.130. The molecule has 3 atom stereocenters. The molecule has 1 amide bonds. The molecule has 2 aliphatic heterocycles. The van der Waals surface area contributed by atoms with Crippen molar-refractivity contribution in [2.24, 2.45) is 11.8 Å². The second kappa shape index (κ2) is 6.91. The van der Waals surface area contributed by atoms with Gasteiger partial charge >= 0.3 is 0 Å². The molecule has 2 fully saturated rings. The van der Waals surface area contributed by atoms with Gasteiger partial charge in [-0.3, -0.25) is 10.1 Å².